The molecule has 1 unspecified atom stereocenters. The minimum Gasteiger partial charge on any atom is -0.298 e. The molecule has 7 heteroatoms. The highest BCUT2D eigenvalue weighted by Crippen LogP contribution is 2.31. The Bertz CT molecular complexity index is 1050. The number of hydrogen-bond donors (Lipinski definition) is 1. The predicted octanol–water partition coefficient (Wildman–Crippen LogP) is 2.89. The van der Waals surface area contributed by atoms with Crippen molar-refractivity contribution in [2.75, 3.05) is 5.75 Å². The molecule has 2 aliphatic rings. The zero-order chi connectivity index (χ0) is 19.5. The molecule has 0 spiro atoms. The van der Waals surface area contributed by atoms with Crippen LogP contribution in [0.2, 0.25) is 0 Å². The number of nitrogens with one attached hydrogen (secondary N) is 1. The Morgan fingerprint density at radius 3 is 2.75 bits per heavy atom. The van der Waals surface area contributed by atoms with E-state index >= 15 is 0 Å². The lowest BCUT2D eigenvalue weighted by molar-refractivity contribution is -0.116. The Morgan fingerprint density at radius 1 is 1.14 bits per heavy atom. The highest BCUT2D eigenvalue weighted by Gasteiger charge is 2.35. The lowest BCUT2D eigenvalue weighted by Gasteiger charge is -2.34. The number of rotatable bonds is 5. The molecule has 2 aliphatic heterocycles. The van der Waals surface area contributed by atoms with E-state index in [-0.39, 0.29) is 11.7 Å². The molecule has 0 saturated carbocycles. The maximum atomic E-state index is 14.5. The van der Waals surface area contributed by atoms with E-state index in [1.54, 1.807) is 23.2 Å². The fourth-order valence-electron chi connectivity index (χ4n) is 3.30. The van der Waals surface area contributed by atoms with E-state index in [1.807, 2.05) is 24.3 Å². The van der Waals surface area contributed by atoms with Gasteiger partial charge in [0.05, 0.1) is 5.36 Å². The second kappa shape index (κ2) is 8.14. The van der Waals surface area contributed by atoms with Gasteiger partial charge in [-0.1, -0.05) is 67.9 Å². The minimum atomic E-state index is -0.719. The van der Waals surface area contributed by atoms with Gasteiger partial charge in [-0.15, -0.1) is 5.10 Å². The normalized spacial score (nSPS) is 18.0. The Kier molecular flexibility index (Phi) is 5.43. The molecule has 28 heavy (non-hydrogen) atoms. The van der Waals surface area contributed by atoms with Crippen molar-refractivity contribution in [3.8, 4) is 0 Å². The molecular weight excluding hydrogens is 375 g/mol. The number of para-hydroxylation sites is 1. The molecule has 1 atom stereocenters. The lowest BCUT2D eigenvalue weighted by Crippen LogP contribution is -2.50. The summed E-state index contributed by atoms with van der Waals surface area (Å²) in [4.78, 5) is 17.6. The Balaban J connectivity index is 1.79. The first-order valence-corrected chi connectivity index (χ1v) is 10.4. The molecule has 144 valence electrons. The maximum absolute atomic E-state index is 14.5. The molecule has 1 N–H and O–H groups in total. The summed E-state index contributed by atoms with van der Waals surface area (Å²) >= 11 is 1.51. The molecule has 0 aliphatic carbocycles. The van der Waals surface area contributed by atoms with Crippen LogP contribution in [0.1, 0.15) is 37.9 Å². The molecule has 0 radical (unpaired) electrons. The third-order valence-electron chi connectivity index (χ3n) is 4.69. The lowest BCUT2D eigenvalue weighted by atomic mass is 10.1. The number of fused-ring (bicyclic) bond motifs is 2. The third-order valence-corrected chi connectivity index (χ3v) is 5.64. The van der Waals surface area contributed by atoms with Crippen LogP contribution in [0.4, 0.5) is 4.39 Å². The summed E-state index contributed by atoms with van der Waals surface area (Å²) in [5.41, 5.74) is 0.792. The number of thioether (sulfide) groups is 1. The van der Waals surface area contributed by atoms with Crippen LogP contribution < -0.4 is 15.9 Å². The summed E-state index contributed by atoms with van der Waals surface area (Å²) in [6, 6.07) is 13.9. The summed E-state index contributed by atoms with van der Waals surface area (Å²) in [7, 11) is 0. The van der Waals surface area contributed by atoms with E-state index in [9.17, 15) is 9.18 Å². The van der Waals surface area contributed by atoms with Crippen LogP contribution >= 0.6 is 11.8 Å². The smallest absolute Gasteiger partial charge is 0.276 e. The molecule has 4 rings (SSSR count). The average Bonchev–Trinajstić information content (AvgIpc) is 2.71. The quantitative estimate of drug-likeness (QED) is 0.791. The van der Waals surface area contributed by atoms with Crippen LogP contribution in [0.3, 0.4) is 0 Å². The summed E-state index contributed by atoms with van der Waals surface area (Å²) in [5, 5.41) is 11.0. The summed E-state index contributed by atoms with van der Waals surface area (Å²) in [5.74, 6) is 0.263. The van der Waals surface area contributed by atoms with Gasteiger partial charge in [-0.2, -0.15) is 0 Å². The Labute approximate surface area is 167 Å². The molecule has 1 amide bonds. The van der Waals surface area contributed by atoms with Crippen molar-refractivity contribution in [3.63, 3.8) is 0 Å². The van der Waals surface area contributed by atoms with Gasteiger partial charge >= 0.3 is 0 Å². The second-order valence-corrected chi connectivity index (χ2v) is 7.73. The fourth-order valence-corrected chi connectivity index (χ4v) is 4.15. The Hall–Kier alpha value is -2.67. The maximum Gasteiger partial charge on any atom is 0.276 e. The average molecular weight is 396 g/mol. The first kappa shape index (κ1) is 18.7. The number of carbonyl (C=O) groups is 1. The molecular formula is C21H21FN4OS. The first-order chi connectivity index (χ1) is 13.7. The van der Waals surface area contributed by atoms with Gasteiger partial charge in [0.2, 0.25) is 0 Å². The van der Waals surface area contributed by atoms with E-state index in [0.717, 1.165) is 25.0 Å². The molecule has 0 aromatic heterocycles. The number of amides is 1. The van der Waals surface area contributed by atoms with E-state index < -0.39 is 6.17 Å². The van der Waals surface area contributed by atoms with E-state index in [4.69, 9.17) is 4.99 Å². The van der Waals surface area contributed by atoms with Gasteiger partial charge in [-0.25, -0.2) is 9.40 Å². The van der Waals surface area contributed by atoms with E-state index in [0.29, 0.717) is 27.0 Å². The number of unbranched alkanes of at least 4 members (excludes halogenated alkanes) is 2. The largest absolute Gasteiger partial charge is 0.298 e. The highest BCUT2D eigenvalue weighted by atomic mass is 32.2. The second-order valence-electron chi connectivity index (χ2n) is 6.65. The molecule has 0 bridgehead atoms. The van der Waals surface area contributed by atoms with Gasteiger partial charge in [0.15, 0.2) is 11.3 Å². The molecule has 2 aromatic carbocycles. The highest BCUT2D eigenvalue weighted by molar-refractivity contribution is 8.13. The SMILES string of the molecule is CCCCCSC1=NN2C(=c3ccccc3=NC2c2ccccc2F)C(=O)N1. The van der Waals surface area contributed by atoms with Crippen LogP contribution in [0, 0.1) is 5.82 Å². The Morgan fingerprint density at radius 2 is 1.93 bits per heavy atom. The van der Waals surface area contributed by atoms with Crippen molar-refractivity contribution >= 4 is 28.5 Å². The number of halogens is 1. The summed E-state index contributed by atoms with van der Waals surface area (Å²) in [6.45, 7) is 2.15. The van der Waals surface area contributed by atoms with Crippen molar-refractivity contribution in [3.05, 3.63) is 70.5 Å². The first-order valence-electron chi connectivity index (χ1n) is 9.42. The zero-order valence-electron chi connectivity index (χ0n) is 15.6. The van der Waals surface area contributed by atoms with Gasteiger partial charge in [0.1, 0.15) is 11.5 Å². The fraction of sp³-hybridized carbons (Fsp3) is 0.286. The molecule has 0 fully saturated rings. The zero-order valence-corrected chi connectivity index (χ0v) is 16.4. The van der Waals surface area contributed by atoms with Gasteiger partial charge < -0.3 is 0 Å². The number of carbonyl (C=O) groups excluding carboxylic acids is 1. The minimum absolute atomic E-state index is 0.239. The van der Waals surface area contributed by atoms with Crippen LogP contribution in [-0.2, 0) is 4.79 Å². The van der Waals surface area contributed by atoms with Gasteiger partial charge in [0.25, 0.3) is 5.91 Å². The van der Waals surface area contributed by atoms with Gasteiger partial charge in [-0.3, -0.25) is 15.1 Å². The number of nitrogens with zero attached hydrogens (tertiary/aromatic N) is 3. The number of hydrogen-bond acceptors (Lipinski definition) is 5. The number of hydrazone groups is 1. The molecule has 0 saturated heterocycles. The predicted molar refractivity (Wildman–Crippen MR) is 109 cm³/mol. The van der Waals surface area contributed by atoms with Crippen LogP contribution in [-0.4, -0.2) is 21.8 Å². The van der Waals surface area contributed by atoms with E-state index in [1.165, 1.54) is 17.8 Å². The topological polar surface area (TPSA) is 57.1 Å². The monoisotopic (exact) mass is 396 g/mol. The third kappa shape index (κ3) is 3.54. The van der Waals surface area contributed by atoms with Crippen LogP contribution in [0.25, 0.3) is 5.70 Å². The molecule has 2 aromatic rings. The van der Waals surface area contributed by atoms with Crippen molar-refractivity contribution in [2.24, 2.45) is 10.1 Å². The molecule has 5 nitrogen and oxygen atoms in total. The van der Waals surface area contributed by atoms with Crippen LogP contribution in [0.15, 0.2) is 58.6 Å². The number of amidine groups is 1. The molecule has 2 heterocycles. The van der Waals surface area contributed by atoms with Gasteiger partial charge in [0, 0.05) is 16.5 Å². The van der Waals surface area contributed by atoms with Gasteiger partial charge in [-0.05, 0) is 18.6 Å². The van der Waals surface area contributed by atoms with Crippen LogP contribution in [0.5, 0.6) is 0 Å². The summed E-state index contributed by atoms with van der Waals surface area (Å²) < 4.78 is 14.5. The van der Waals surface area contributed by atoms with Crippen molar-refractivity contribution < 1.29 is 9.18 Å². The summed E-state index contributed by atoms with van der Waals surface area (Å²) in [6.07, 6.45) is 2.60. The van der Waals surface area contributed by atoms with Crippen molar-refractivity contribution in [1.29, 1.82) is 0 Å². The number of benzene rings is 2. The van der Waals surface area contributed by atoms with Crippen molar-refractivity contribution in [2.45, 2.75) is 32.4 Å². The van der Waals surface area contributed by atoms with E-state index in [2.05, 4.69) is 17.3 Å². The van der Waals surface area contributed by atoms with Crippen molar-refractivity contribution in [1.82, 2.24) is 10.3 Å². The standard InChI is InChI=1S/C21H21FN4OS/c1-2-3-8-13-28-21-24-20(27)18-15-10-5-7-12-17(15)23-19(26(18)25-21)14-9-4-6-11-16(14)22/h4-7,9-12,19H,2-3,8,13H2,1H3,(H,24,25,27).